The van der Waals surface area contributed by atoms with Crippen LogP contribution >= 0.6 is 24.0 Å². The SMILES string of the molecule is CSc1cccc(Nc2c(C)cccc2F)c1C(N)=S. The molecule has 2 aromatic rings. The van der Waals surface area contributed by atoms with Crippen LogP contribution in [0.1, 0.15) is 11.1 Å². The molecule has 2 aromatic carbocycles. The summed E-state index contributed by atoms with van der Waals surface area (Å²) in [5.74, 6) is -0.298. The normalized spacial score (nSPS) is 10.3. The maximum Gasteiger partial charge on any atom is 0.146 e. The number of rotatable bonds is 4. The summed E-state index contributed by atoms with van der Waals surface area (Å²) >= 11 is 6.67. The summed E-state index contributed by atoms with van der Waals surface area (Å²) in [6.07, 6.45) is 1.95. The number of hydrogen-bond donors (Lipinski definition) is 2. The van der Waals surface area contributed by atoms with E-state index in [9.17, 15) is 4.39 Å². The summed E-state index contributed by atoms with van der Waals surface area (Å²) in [5.41, 5.74) is 8.55. The van der Waals surface area contributed by atoms with E-state index in [0.29, 0.717) is 10.7 Å². The third-order valence-corrected chi connectivity index (χ3v) is 3.96. The van der Waals surface area contributed by atoms with Crippen molar-refractivity contribution < 1.29 is 4.39 Å². The monoisotopic (exact) mass is 306 g/mol. The zero-order valence-corrected chi connectivity index (χ0v) is 12.9. The minimum atomic E-state index is -0.298. The van der Waals surface area contributed by atoms with Crippen LogP contribution < -0.4 is 11.1 Å². The smallest absolute Gasteiger partial charge is 0.146 e. The molecule has 0 unspecified atom stereocenters. The van der Waals surface area contributed by atoms with Crippen LogP contribution in [0.2, 0.25) is 0 Å². The first kappa shape index (κ1) is 14.8. The van der Waals surface area contributed by atoms with Gasteiger partial charge in [0.1, 0.15) is 10.8 Å². The molecule has 20 heavy (non-hydrogen) atoms. The van der Waals surface area contributed by atoms with Gasteiger partial charge in [0.25, 0.3) is 0 Å². The van der Waals surface area contributed by atoms with E-state index in [1.54, 1.807) is 17.8 Å². The molecule has 0 saturated carbocycles. The van der Waals surface area contributed by atoms with Gasteiger partial charge in [0.05, 0.1) is 5.69 Å². The van der Waals surface area contributed by atoms with Crippen LogP contribution in [0.15, 0.2) is 41.3 Å². The molecule has 0 aromatic heterocycles. The lowest BCUT2D eigenvalue weighted by atomic mass is 10.1. The van der Waals surface area contributed by atoms with E-state index >= 15 is 0 Å². The number of thioether (sulfide) groups is 1. The first-order valence-electron chi connectivity index (χ1n) is 6.03. The van der Waals surface area contributed by atoms with E-state index in [-0.39, 0.29) is 5.82 Å². The molecule has 0 radical (unpaired) electrons. The third kappa shape index (κ3) is 2.94. The van der Waals surface area contributed by atoms with E-state index in [2.05, 4.69) is 5.32 Å². The molecule has 0 aliphatic rings. The molecule has 0 fully saturated rings. The molecule has 0 spiro atoms. The maximum atomic E-state index is 13.9. The quantitative estimate of drug-likeness (QED) is 0.655. The Morgan fingerprint density at radius 3 is 2.55 bits per heavy atom. The van der Waals surface area contributed by atoms with Crippen molar-refractivity contribution in [1.82, 2.24) is 0 Å². The van der Waals surface area contributed by atoms with Gasteiger partial charge in [-0.3, -0.25) is 0 Å². The zero-order valence-electron chi connectivity index (χ0n) is 11.2. The van der Waals surface area contributed by atoms with Crippen LogP contribution in [0.3, 0.4) is 0 Å². The van der Waals surface area contributed by atoms with Gasteiger partial charge in [-0.15, -0.1) is 11.8 Å². The van der Waals surface area contributed by atoms with Gasteiger partial charge in [0.2, 0.25) is 0 Å². The predicted octanol–water partition coefficient (Wildman–Crippen LogP) is 4.23. The van der Waals surface area contributed by atoms with Crippen molar-refractivity contribution in [2.24, 2.45) is 5.73 Å². The topological polar surface area (TPSA) is 38.0 Å². The third-order valence-electron chi connectivity index (χ3n) is 2.97. The fourth-order valence-electron chi connectivity index (χ4n) is 1.98. The van der Waals surface area contributed by atoms with E-state index in [0.717, 1.165) is 21.7 Å². The summed E-state index contributed by atoms with van der Waals surface area (Å²) in [6, 6.07) is 10.6. The molecule has 2 rings (SSSR count). The highest BCUT2D eigenvalue weighted by atomic mass is 32.2. The van der Waals surface area contributed by atoms with Crippen molar-refractivity contribution in [3.63, 3.8) is 0 Å². The van der Waals surface area contributed by atoms with Crippen LogP contribution in [-0.2, 0) is 0 Å². The van der Waals surface area contributed by atoms with Crippen LogP contribution in [0.4, 0.5) is 15.8 Å². The van der Waals surface area contributed by atoms with Gasteiger partial charge in [-0.05, 0) is 36.9 Å². The molecule has 0 atom stereocenters. The van der Waals surface area contributed by atoms with Crippen molar-refractivity contribution in [2.45, 2.75) is 11.8 Å². The van der Waals surface area contributed by atoms with Gasteiger partial charge in [-0.25, -0.2) is 4.39 Å². The number of anilines is 2. The maximum absolute atomic E-state index is 13.9. The molecule has 0 heterocycles. The zero-order chi connectivity index (χ0) is 14.7. The van der Waals surface area contributed by atoms with Crippen molar-refractivity contribution in [2.75, 3.05) is 11.6 Å². The number of halogens is 1. The first-order chi connectivity index (χ1) is 9.54. The van der Waals surface area contributed by atoms with Crippen LogP contribution in [0.25, 0.3) is 0 Å². The predicted molar refractivity (Wildman–Crippen MR) is 88.5 cm³/mol. The summed E-state index contributed by atoms with van der Waals surface area (Å²) in [6.45, 7) is 1.85. The van der Waals surface area contributed by atoms with Gasteiger partial charge in [-0.2, -0.15) is 0 Å². The van der Waals surface area contributed by atoms with E-state index in [1.807, 2.05) is 37.4 Å². The number of para-hydroxylation sites is 1. The minimum absolute atomic E-state index is 0.298. The Kier molecular flexibility index (Phi) is 4.62. The van der Waals surface area contributed by atoms with Gasteiger partial charge >= 0.3 is 0 Å². The Hall–Kier alpha value is -1.59. The molecule has 5 heteroatoms. The first-order valence-corrected chi connectivity index (χ1v) is 7.67. The molecule has 0 aliphatic heterocycles. The summed E-state index contributed by atoms with van der Waals surface area (Å²) in [5, 5.41) is 3.11. The molecule has 2 nitrogen and oxygen atoms in total. The number of thiocarbonyl (C=S) groups is 1. The average molecular weight is 306 g/mol. The summed E-state index contributed by atoms with van der Waals surface area (Å²) in [7, 11) is 0. The Balaban J connectivity index is 2.51. The molecular formula is C15H15FN2S2. The van der Waals surface area contributed by atoms with Gasteiger partial charge < -0.3 is 11.1 Å². The minimum Gasteiger partial charge on any atom is -0.389 e. The fraction of sp³-hybridized carbons (Fsp3) is 0.133. The average Bonchev–Trinajstić information content (AvgIpc) is 2.42. The summed E-state index contributed by atoms with van der Waals surface area (Å²) < 4.78 is 13.9. The fourth-order valence-corrected chi connectivity index (χ4v) is 2.91. The lowest BCUT2D eigenvalue weighted by Gasteiger charge is -2.16. The molecule has 0 bridgehead atoms. The highest BCUT2D eigenvalue weighted by molar-refractivity contribution is 7.98. The number of hydrogen-bond acceptors (Lipinski definition) is 3. The number of benzene rings is 2. The van der Waals surface area contributed by atoms with Crippen molar-refractivity contribution in [3.8, 4) is 0 Å². The van der Waals surface area contributed by atoms with Crippen LogP contribution in [-0.4, -0.2) is 11.2 Å². The number of aryl methyl sites for hydroxylation is 1. The molecule has 0 saturated heterocycles. The molecular weight excluding hydrogens is 291 g/mol. The second-order valence-electron chi connectivity index (χ2n) is 4.30. The molecule has 0 amide bonds. The standard InChI is InChI=1S/C15H15FN2S2/c1-9-5-3-6-10(16)14(9)18-11-7-4-8-12(20-2)13(11)15(17)19/h3-8,18H,1-2H3,(H2,17,19). The van der Waals surface area contributed by atoms with Gasteiger partial charge in [0.15, 0.2) is 0 Å². The van der Waals surface area contributed by atoms with E-state index in [4.69, 9.17) is 18.0 Å². The van der Waals surface area contributed by atoms with Gasteiger partial charge in [-0.1, -0.05) is 30.4 Å². The molecule has 104 valence electrons. The Bertz CT molecular complexity index is 636. The largest absolute Gasteiger partial charge is 0.389 e. The second kappa shape index (κ2) is 6.24. The van der Waals surface area contributed by atoms with Crippen molar-refractivity contribution in [1.29, 1.82) is 0 Å². The summed E-state index contributed by atoms with van der Waals surface area (Å²) in [4.78, 5) is 1.27. The van der Waals surface area contributed by atoms with Crippen LogP contribution in [0.5, 0.6) is 0 Å². The highest BCUT2D eigenvalue weighted by Gasteiger charge is 2.13. The Morgan fingerprint density at radius 1 is 1.25 bits per heavy atom. The van der Waals surface area contributed by atoms with Crippen LogP contribution in [0, 0.1) is 12.7 Å². The Morgan fingerprint density at radius 2 is 1.95 bits per heavy atom. The van der Waals surface area contributed by atoms with Gasteiger partial charge in [0, 0.05) is 16.1 Å². The lowest BCUT2D eigenvalue weighted by molar-refractivity contribution is 0.631. The second-order valence-corrected chi connectivity index (χ2v) is 5.59. The number of nitrogens with one attached hydrogen (secondary N) is 1. The molecule has 3 N–H and O–H groups in total. The molecule has 0 aliphatic carbocycles. The van der Waals surface area contributed by atoms with E-state index in [1.165, 1.54) is 6.07 Å². The van der Waals surface area contributed by atoms with Crippen molar-refractivity contribution in [3.05, 3.63) is 53.3 Å². The number of nitrogens with two attached hydrogens (primary N) is 1. The van der Waals surface area contributed by atoms with E-state index < -0.39 is 0 Å². The Labute approximate surface area is 127 Å². The van der Waals surface area contributed by atoms with Crippen molar-refractivity contribution >= 4 is 40.3 Å². The highest BCUT2D eigenvalue weighted by Crippen LogP contribution is 2.31. The lowest BCUT2D eigenvalue weighted by Crippen LogP contribution is -2.13.